The van der Waals surface area contributed by atoms with Gasteiger partial charge in [-0.2, -0.15) is 0 Å². The molecule has 0 aliphatic heterocycles. The number of hydrogen-bond donors (Lipinski definition) is 2. The molecule has 10 heteroatoms. The van der Waals surface area contributed by atoms with Crippen molar-refractivity contribution in [3.05, 3.63) is 60.2 Å². The molecule has 1 heterocycles. The standard InChI is InChI=1S/C23H27N5O4S/c1-31-15-13-24-22(30)25-20(29)16-33-23-27-26-21(18-8-10-19(32-2)11-9-18)28(23)14-12-17-6-4-3-5-7-17/h3-11H,12-16H2,1-2H3,(H2,24,25,29,30). The molecule has 0 radical (unpaired) electrons. The summed E-state index contributed by atoms with van der Waals surface area (Å²) in [4.78, 5) is 24.0. The highest BCUT2D eigenvalue weighted by atomic mass is 32.2. The summed E-state index contributed by atoms with van der Waals surface area (Å²) in [5, 5.41) is 14.1. The zero-order valence-electron chi connectivity index (χ0n) is 18.6. The summed E-state index contributed by atoms with van der Waals surface area (Å²) in [6, 6.07) is 17.2. The Morgan fingerprint density at radius 2 is 1.79 bits per heavy atom. The van der Waals surface area contributed by atoms with Crippen molar-refractivity contribution in [1.29, 1.82) is 0 Å². The van der Waals surface area contributed by atoms with Crippen LogP contribution in [0.4, 0.5) is 4.79 Å². The molecule has 2 N–H and O–H groups in total. The van der Waals surface area contributed by atoms with Gasteiger partial charge in [0.25, 0.3) is 0 Å². The van der Waals surface area contributed by atoms with Gasteiger partial charge in [-0.15, -0.1) is 10.2 Å². The number of aromatic nitrogens is 3. The fourth-order valence-electron chi connectivity index (χ4n) is 3.04. The predicted molar refractivity (Wildman–Crippen MR) is 126 cm³/mol. The molecule has 33 heavy (non-hydrogen) atoms. The maximum atomic E-state index is 12.2. The van der Waals surface area contributed by atoms with Gasteiger partial charge in [0.15, 0.2) is 11.0 Å². The van der Waals surface area contributed by atoms with Crippen molar-refractivity contribution in [1.82, 2.24) is 25.4 Å². The molecule has 1 aromatic heterocycles. The van der Waals surface area contributed by atoms with Gasteiger partial charge in [-0.1, -0.05) is 42.1 Å². The van der Waals surface area contributed by atoms with Crippen molar-refractivity contribution in [2.45, 2.75) is 18.1 Å². The number of urea groups is 1. The zero-order chi connectivity index (χ0) is 23.5. The van der Waals surface area contributed by atoms with E-state index < -0.39 is 11.9 Å². The topological polar surface area (TPSA) is 107 Å². The minimum atomic E-state index is -0.554. The average Bonchev–Trinajstić information content (AvgIpc) is 3.25. The van der Waals surface area contributed by atoms with Crippen molar-refractivity contribution < 1.29 is 19.1 Å². The number of thioether (sulfide) groups is 1. The molecule has 0 bridgehead atoms. The predicted octanol–water partition coefficient (Wildman–Crippen LogP) is 2.76. The largest absolute Gasteiger partial charge is 0.497 e. The molecule has 0 saturated heterocycles. The molecule has 0 saturated carbocycles. The van der Waals surface area contributed by atoms with Crippen LogP contribution in [-0.2, 0) is 22.5 Å². The van der Waals surface area contributed by atoms with Crippen LogP contribution in [-0.4, -0.2) is 59.8 Å². The number of imide groups is 1. The number of carbonyl (C=O) groups is 2. The van der Waals surface area contributed by atoms with Crippen molar-refractivity contribution >= 4 is 23.7 Å². The molecule has 0 aliphatic rings. The van der Waals surface area contributed by atoms with Gasteiger partial charge in [0, 0.05) is 25.8 Å². The molecule has 3 aromatic rings. The van der Waals surface area contributed by atoms with Gasteiger partial charge in [-0.25, -0.2) is 4.79 Å². The van der Waals surface area contributed by atoms with E-state index in [9.17, 15) is 9.59 Å². The fraction of sp³-hybridized carbons (Fsp3) is 0.304. The average molecular weight is 470 g/mol. The lowest BCUT2D eigenvalue weighted by Gasteiger charge is -2.11. The number of nitrogens with one attached hydrogen (secondary N) is 2. The van der Waals surface area contributed by atoms with Crippen LogP contribution in [0.15, 0.2) is 59.8 Å². The zero-order valence-corrected chi connectivity index (χ0v) is 19.4. The number of methoxy groups -OCH3 is 2. The molecule has 174 valence electrons. The Bertz CT molecular complexity index is 1040. The van der Waals surface area contributed by atoms with E-state index in [1.54, 1.807) is 7.11 Å². The van der Waals surface area contributed by atoms with E-state index in [1.165, 1.54) is 24.4 Å². The maximum absolute atomic E-state index is 12.2. The summed E-state index contributed by atoms with van der Waals surface area (Å²) in [5.41, 5.74) is 2.08. The number of benzene rings is 2. The molecule has 0 atom stereocenters. The van der Waals surface area contributed by atoms with E-state index in [0.717, 1.165) is 17.7 Å². The molecule has 0 spiro atoms. The molecule has 0 unspecified atom stereocenters. The maximum Gasteiger partial charge on any atom is 0.321 e. The van der Waals surface area contributed by atoms with E-state index in [4.69, 9.17) is 9.47 Å². The Morgan fingerprint density at radius 1 is 1.03 bits per heavy atom. The molecule has 0 aliphatic carbocycles. The second-order valence-corrected chi connectivity index (χ2v) is 7.95. The Kier molecular flexibility index (Phi) is 9.28. The number of aryl methyl sites for hydroxylation is 1. The highest BCUT2D eigenvalue weighted by molar-refractivity contribution is 7.99. The van der Waals surface area contributed by atoms with Gasteiger partial charge in [-0.05, 0) is 36.2 Å². The van der Waals surface area contributed by atoms with E-state index in [0.29, 0.717) is 30.7 Å². The third kappa shape index (κ3) is 7.33. The number of rotatable bonds is 11. The second kappa shape index (κ2) is 12.6. The van der Waals surface area contributed by atoms with Crippen LogP contribution < -0.4 is 15.4 Å². The van der Waals surface area contributed by atoms with Crippen LogP contribution in [0.3, 0.4) is 0 Å². The normalized spacial score (nSPS) is 10.6. The number of carbonyl (C=O) groups excluding carboxylic acids is 2. The molecular formula is C23H27N5O4S. The molecule has 0 fully saturated rings. The monoisotopic (exact) mass is 469 g/mol. The lowest BCUT2D eigenvalue weighted by atomic mass is 10.1. The quantitative estimate of drug-likeness (QED) is 0.328. The van der Waals surface area contributed by atoms with Crippen molar-refractivity contribution in [2.75, 3.05) is 33.1 Å². The summed E-state index contributed by atoms with van der Waals surface area (Å²) in [7, 11) is 3.16. The number of ether oxygens (including phenoxy) is 2. The van der Waals surface area contributed by atoms with Gasteiger partial charge in [0.2, 0.25) is 5.91 Å². The number of nitrogens with zero attached hydrogens (tertiary/aromatic N) is 3. The van der Waals surface area contributed by atoms with Gasteiger partial charge >= 0.3 is 6.03 Å². The van der Waals surface area contributed by atoms with Gasteiger partial charge in [0.05, 0.1) is 19.5 Å². The van der Waals surface area contributed by atoms with E-state index >= 15 is 0 Å². The first-order valence-electron chi connectivity index (χ1n) is 10.4. The van der Waals surface area contributed by atoms with Gasteiger partial charge in [0.1, 0.15) is 5.75 Å². The lowest BCUT2D eigenvalue weighted by molar-refractivity contribution is -0.117. The van der Waals surface area contributed by atoms with Crippen LogP contribution in [0.2, 0.25) is 0 Å². The fourth-order valence-corrected chi connectivity index (χ4v) is 3.80. The first-order valence-corrected chi connectivity index (χ1v) is 11.4. The first-order chi connectivity index (χ1) is 16.1. The van der Waals surface area contributed by atoms with Gasteiger partial charge < -0.3 is 19.4 Å². The third-order valence-electron chi connectivity index (χ3n) is 4.71. The summed E-state index contributed by atoms with van der Waals surface area (Å²) < 4.78 is 12.1. The highest BCUT2D eigenvalue weighted by Crippen LogP contribution is 2.26. The third-order valence-corrected chi connectivity index (χ3v) is 5.68. The van der Waals surface area contributed by atoms with Crippen LogP contribution in [0.5, 0.6) is 5.75 Å². The van der Waals surface area contributed by atoms with Crippen LogP contribution in [0, 0.1) is 0 Å². The minimum Gasteiger partial charge on any atom is -0.497 e. The summed E-state index contributed by atoms with van der Waals surface area (Å²) in [6.45, 7) is 1.33. The number of amides is 3. The Morgan fingerprint density at radius 3 is 2.48 bits per heavy atom. The SMILES string of the molecule is COCCNC(=O)NC(=O)CSc1nnc(-c2ccc(OC)cc2)n1CCc1ccccc1. The van der Waals surface area contributed by atoms with Crippen LogP contribution in [0.25, 0.3) is 11.4 Å². The molecule has 3 amide bonds. The summed E-state index contributed by atoms with van der Waals surface area (Å²) in [5.74, 6) is 1.07. The molecule has 9 nitrogen and oxygen atoms in total. The van der Waals surface area contributed by atoms with Crippen molar-refractivity contribution in [3.8, 4) is 17.1 Å². The molecule has 3 rings (SSSR count). The summed E-state index contributed by atoms with van der Waals surface area (Å²) >= 11 is 1.23. The van der Waals surface area contributed by atoms with Crippen LogP contribution in [0.1, 0.15) is 5.56 Å². The lowest BCUT2D eigenvalue weighted by Crippen LogP contribution is -2.41. The molecular weight excluding hydrogens is 442 g/mol. The van der Waals surface area contributed by atoms with Crippen LogP contribution >= 0.6 is 11.8 Å². The Labute approximate surface area is 196 Å². The smallest absolute Gasteiger partial charge is 0.321 e. The number of hydrogen-bond acceptors (Lipinski definition) is 7. The highest BCUT2D eigenvalue weighted by Gasteiger charge is 2.17. The van der Waals surface area contributed by atoms with Crippen molar-refractivity contribution in [3.63, 3.8) is 0 Å². The van der Waals surface area contributed by atoms with E-state index in [1.807, 2.05) is 47.0 Å². The minimum absolute atomic E-state index is 0.0315. The summed E-state index contributed by atoms with van der Waals surface area (Å²) in [6.07, 6.45) is 0.781. The Hall–Kier alpha value is -3.37. The van der Waals surface area contributed by atoms with Crippen molar-refractivity contribution in [2.24, 2.45) is 0 Å². The molecule has 2 aromatic carbocycles. The van der Waals surface area contributed by atoms with E-state index in [2.05, 4.69) is 33.0 Å². The Balaban J connectivity index is 1.71. The van der Waals surface area contributed by atoms with Gasteiger partial charge in [-0.3, -0.25) is 10.1 Å². The van der Waals surface area contributed by atoms with E-state index in [-0.39, 0.29) is 5.75 Å². The second-order valence-electron chi connectivity index (χ2n) is 7.01. The first kappa shape index (κ1) is 24.3.